The lowest BCUT2D eigenvalue weighted by Crippen LogP contribution is -2.18. The van der Waals surface area contributed by atoms with Crippen molar-refractivity contribution in [2.75, 3.05) is 7.05 Å². The first-order chi connectivity index (χ1) is 10.5. The van der Waals surface area contributed by atoms with Crippen molar-refractivity contribution in [1.82, 2.24) is 20.1 Å². The standard InChI is InChI=1S/C15H15FN4O2/c1-20(7-10-6-17-19-14(10)15(21)22)8-12-5-9-4-11(16)2-3-13(9)18-12/h2-6,18H,7-8H2,1H3,(H,17,19)(H,21,22). The fourth-order valence-electron chi connectivity index (χ4n) is 2.50. The molecule has 0 atom stereocenters. The molecule has 22 heavy (non-hydrogen) atoms. The summed E-state index contributed by atoms with van der Waals surface area (Å²) < 4.78 is 13.2. The Balaban J connectivity index is 1.73. The van der Waals surface area contributed by atoms with Crippen LogP contribution >= 0.6 is 0 Å². The molecule has 0 spiro atoms. The number of hydrogen-bond acceptors (Lipinski definition) is 3. The summed E-state index contributed by atoms with van der Waals surface area (Å²) in [4.78, 5) is 16.2. The van der Waals surface area contributed by atoms with Crippen LogP contribution in [0.1, 0.15) is 21.7 Å². The molecule has 0 bridgehead atoms. The van der Waals surface area contributed by atoms with Crippen LogP contribution in [0.15, 0.2) is 30.5 Å². The molecule has 0 amide bonds. The molecule has 0 saturated carbocycles. The molecule has 0 aliphatic heterocycles. The third kappa shape index (κ3) is 2.84. The highest BCUT2D eigenvalue weighted by Gasteiger charge is 2.14. The average Bonchev–Trinajstić information content (AvgIpc) is 3.04. The van der Waals surface area contributed by atoms with Crippen LogP contribution in [0.4, 0.5) is 4.39 Å². The van der Waals surface area contributed by atoms with E-state index in [0.29, 0.717) is 18.7 Å². The number of carbonyl (C=O) groups is 1. The second kappa shape index (κ2) is 5.61. The van der Waals surface area contributed by atoms with Gasteiger partial charge in [-0.2, -0.15) is 5.10 Å². The summed E-state index contributed by atoms with van der Waals surface area (Å²) in [6.45, 7) is 1.03. The smallest absolute Gasteiger partial charge is 0.354 e. The second-order valence-electron chi connectivity index (χ2n) is 5.27. The summed E-state index contributed by atoms with van der Waals surface area (Å²) in [6.07, 6.45) is 1.51. The van der Waals surface area contributed by atoms with E-state index < -0.39 is 5.97 Å². The fraction of sp³-hybridized carbons (Fsp3) is 0.200. The average molecular weight is 302 g/mol. The van der Waals surface area contributed by atoms with Crippen LogP contribution in [0.25, 0.3) is 10.9 Å². The molecular formula is C15H15FN4O2. The highest BCUT2D eigenvalue weighted by molar-refractivity contribution is 5.86. The maximum Gasteiger partial charge on any atom is 0.354 e. The maximum atomic E-state index is 13.2. The third-order valence-corrected chi connectivity index (χ3v) is 3.45. The van der Waals surface area contributed by atoms with E-state index >= 15 is 0 Å². The molecule has 114 valence electrons. The predicted octanol–water partition coefficient (Wildman–Crippen LogP) is 2.36. The summed E-state index contributed by atoms with van der Waals surface area (Å²) in [7, 11) is 1.88. The van der Waals surface area contributed by atoms with E-state index in [0.717, 1.165) is 16.6 Å². The first-order valence-electron chi connectivity index (χ1n) is 6.74. The van der Waals surface area contributed by atoms with E-state index in [1.807, 2.05) is 18.0 Å². The molecule has 2 heterocycles. The SMILES string of the molecule is CN(Cc1cc2cc(F)ccc2[nH]1)Cc1cn[nH]c1C(=O)O. The molecule has 3 rings (SSSR count). The van der Waals surface area contributed by atoms with E-state index in [-0.39, 0.29) is 11.5 Å². The van der Waals surface area contributed by atoms with Gasteiger partial charge in [0.1, 0.15) is 11.5 Å². The van der Waals surface area contributed by atoms with E-state index in [1.54, 1.807) is 6.07 Å². The molecule has 0 fully saturated rings. The van der Waals surface area contributed by atoms with Gasteiger partial charge in [0.05, 0.1) is 6.20 Å². The second-order valence-corrected chi connectivity index (χ2v) is 5.27. The van der Waals surface area contributed by atoms with Crippen molar-refractivity contribution in [2.45, 2.75) is 13.1 Å². The molecular weight excluding hydrogens is 287 g/mol. The molecule has 2 aromatic heterocycles. The summed E-state index contributed by atoms with van der Waals surface area (Å²) in [5.74, 6) is -1.29. The van der Waals surface area contributed by atoms with Crippen molar-refractivity contribution in [3.8, 4) is 0 Å². The largest absolute Gasteiger partial charge is 0.477 e. The van der Waals surface area contributed by atoms with Gasteiger partial charge in [-0.1, -0.05) is 0 Å². The highest BCUT2D eigenvalue weighted by Crippen LogP contribution is 2.18. The van der Waals surface area contributed by atoms with Crippen molar-refractivity contribution < 1.29 is 14.3 Å². The van der Waals surface area contributed by atoms with Crippen molar-refractivity contribution in [1.29, 1.82) is 0 Å². The van der Waals surface area contributed by atoms with E-state index in [4.69, 9.17) is 5.11 Å². The van der Waals surface area contributed by atoms with Gasteiger partial charge in [-0.25, -0.2) is 9.18 Å². The summed E-state index contributed by atoms with van der Waals surface area (Å²) in [6, 6.07) is 6.49. The monoisotopic (exact) mass is 302 g/mol. The zero-order chi connectivity index (χ0) is 15.7. The minimum atomic E-state index is -1.03. The number of rotatable bonds is 5. The number of benzene rings is 1. The van der Waals surface area contributed by atoms with Gasteiger partial charge in [0.25, 0.3) is 0 Å². The molecule has 0 radical (unpaired) electrons. The Morgan fingerprint density at radius 3 is 2.95 bits per heavy atom. The van der Waals surface area contributed by atoms with Crippen molar-refractivity contribution >= 4 is 16.9 Å². The van der Waals surface area contributed by atoms with E-state index in [1.165, 1.54) is 18.3 Å². The van der Waals surface area contributed by atoms with Crippen LogP contribution in [-0.4, -0.2) is 38.2 Å². The van der Waals surface area contributed by atoms with Gasteiger partial charge in [0.2, 0.25) is 0 Å². The molecule has 6 nitrogen and oxygen atoms in total. The Bertz CT molecular complexity index is 824. The lowest BCUT2D eigenvalue weighted by Gasteiger charge is -2.14. The van der Waals surface area contributed by atoms with Gasteiger partial charge >= 0.3 is 5.97 Å². The van der Waals surface area contributed by atoms with Crippen LogP contribution < -0.4 is 0 Å². The molecule has 0 aliphatic rings. The Morgan fingerprint density at radius 1 is 1.36 bits per heavy atom. The molecule has 0 unspecified atom stereocenters. The zero-order valence-electron chi connectivity index (χ0n) is 11.9. The Hall–Kier alpha value is -2.67. The molecule has 0 aliphatic carbocycles. The maximum absolute atomic E-state index is 13.2. The number of carboxylic acid groups (broad SMARTS) is 1. The quantitative estimate of drug-likeness (QED) is 0.675. The normalized spacial score (nSPS) is 11.4. The number of nitrogens with zero attached hydrogens (tertiary/aromatic N) is 2. The highest BCUT2D eigenvalue weighted by atomic mass is 19.1. The van der Waals surface area contributed by atoms with Gasteiger partial charge in [0, 0.05) is 35.2 Å². The van der Waals surface area contributed by atoms with Crippen LogP contribution in [0.5, 0.6) is 0 Å². The first kappa shape index (κ1) is 14.3. The minimum absolute atomic E-state index is 0.102. The Kier molecular flexibility index (Phi) is 3.64. The van der Waals surface area contributed by atoms with Crippen molar-refractivity contribution in [2.24, 2.45) is 0 Å². The molecule has 0 saturated heterocycles. The van der Waals surface area contributed by atoms with E-state index in [9.17, 15) is 9.18 Å². The number of aromatic nitrogens is 3. The number of carboxylic acids is 1. The van der Waals surface area contributed by atoms with Crippen molar-refractivity contribution in [3.63, 3.8) is 0 Å². The van der Waals surface area contributed by atoms with Gasteiger partial charge in [-0.3, -0.25) is 10.00 Å². The topological polar surface area (TPSA) is 85.0 Å². The van der Waals surface area contributed by atoms with Crippen molar-refractivity contribution in [3.05, 3.63) is 53.2 Å². The molecule has 1 aromatic carbocycles. The number of aromatic carboxylic acids is 1. The number of fused-ring (bicyclic) bond motifs is 1. The number of halogens is 1. The van der Waals surface area contributed by atoms with Crippen LogP contribution in [0, 0.1) is 5.82 Å². The van der Waals surface area contributed by atoms with Gasteiger partial charge in [0.15, 0.2) is 0 Å². The number of hydrogen-bond donors (Lipinski definition) is 3. The minimum Gasteiger partial charge on any atom is -0.477 e. The Labute approximate surface area is 125 Å². The summed E-state index contributed by atoms with van der Waals surface area (Å²) in [5, 5.41) is 16.1. The zero-order valence-corrected chi connectivity index (χ0v) is 11.9. The van der Waals surface area contributed by atoms with Crippen LogP contribution in [0.2, 0.25) is 0 Å². The van der Waals surface area contributed by atoms with Gasteiger partial charge < -0.3 is 10.1 Å². The lowest BCUT2D eigenvalue weighted by molar-refractivity contribution is 0.0688. The molecule has 3 N–H and O–H groups in total. The van der Waals surface area contributed by atoms with Gasteiger partial charge in [-0.05, 0) is 31.3 Å². The predicted molar refractivity (Wildman–Crippen MR) is 79.0 cm³/mol. The summed E-state index contributed by atoms with van der Waals surface area (Å²) in [5.41, 5.74) is 2.53. The fourth-order valence-corrected chi connectivity index (χ4v) is 2.50. The van der Waals surface area contributed by atoms with Crippen LogP contribution in [-0.2, 0) is 13.1 Å². The first-order valence-corrected chi connectivity index (χ1v) is 6.74. The summed E-state index contributed by atoms with van der Waals surface area (Å²) >= 11 is 0. The lowest BCUT2D eigenvalue weighted by atomic mass is 10.2. The number of aromatic amines is 2. The van der Waals surface area contributed by atoms with Crippen LogP contribution in [0.3, 0.4) is 0 Å². The van der Waals surface area contributed by atoms with Gasteiger partial charge in [-0.15, -0.1) is 0 Å². The number of H-pyrrole nitrogens is 2. The molecule has 3 aromatic rings. The number of nitrogens with one attached hydrogen (secondary N) is 2. The Morgan fingerprint density at radius 2 is 2.18 bits per heavy atom. The van der Waals surface area contributed by atoms with E-state index in [2.05, 4.69) is 15.2 Å². The third-order valence-electron chi connectivity index (χ3n) is 3.45. The molecule has 7 heteroatoms.